The molecule has 2 N–H and O–H groups in total. The van der Waals surface area contributed by atoms with Crippen molar-refractivity contribution in [3.63, 3.8) is 0 Å². The van der Waals surface area contributed by atoms with Crippen molar-refractivity contribution in [2.45, 2.75) is 30.9 Å². The highest BCUT2D eigenvalue weighted by atomic mass is 127. The first-order valence-corrected chi connectivity index (χ1v) is 9.19. The molecule has 1 unspecified atom stereocenters. The minimum atomic E-state index is -4.12. The second-order valence-corrected chi connectivity index (χ2v) is 7.46. The van der Waals surface area contributed by atoms with E-state index in [0.717, 1.165) is 31.8 Å². The second-order valence-electron chi connectivity index (χ2n) is 7.46. The Morgan fingerprint density at radius 1 is 1.22 bits per heavy atom. The molecular weight excluding hydrogens is 468 g/mol. The molecule has 1 heterocycles. The van der Waals surface area contributed by atoms with Gasteiger partial charge in [0.15, 0.2) is 5.96 Å². The van der Waals surface area contributed by atoms with Gasteiger partial charge in [0.2, 0.25) is 0 Å². The first kappa shape index (κ1) is 22.3. The van der Waals surface area contributed by atoms with E-state index in [0.29, 0.717) is 19.6 Å². The van der Waals surface area contributed by atoms with Gasteiger partial charge in [0.25, 0.3) is 0 Å². The Hall–Kier alpha value is -1.03. The third-order valence-electron chi connectivity index (χ3n) is 5.39. The van der Waals surface area contributed by atoms with Crippen molar-refractivity contribution in [1.29, 1.82) is 0 Å². The summed E-state index contributed by atoms with van der Waals surface area (Å²) in [6.07, 6.45) is -1.00. The summed E-state index contributed by atoms with van der Waals surface area (Å²) in [5, 5.41) is 6.67. The highest BCUT2D eigenvalue weighted by Crippen LogP contribution is 2.47. The lowest BCUT2D eigenvalue weighted by atomic mass is 9.96. The standard InChI is InChI=1S/C19H27F3N4.HI/c1-23-17(24-11-15-7-10-26(12-15)14-19(20,21)22)25-13-18(8-9-18)16-5-3-2-4-6-16;/h2-6,15H,7-14H2,1H3,(H2,23,24,25);1H. The molecule has 1 aromatic carbocycles. The van der Waals surface area contributed by atoms with Gasteiger partial charge in [0.05, 0.1) is 6.54 Å². The molecule has 27 heavy (non-hydrogen) atoms. The summed E-state index contributed by atoms with van der Waals surface area (Å²) in [5.41, 5.74) is 1.54. The lowest BCUT2D eigenvalue weighted by molar-refractivity contribution is -0.143. The molecule has 152 valence electrons. The second kappa shape index (κ2) is 9.45. The van der Waals surface area contributed by atoms with E-state index in [-0.39, 0.29) is 35.3 Å². The maximum atomic E-state index is 12.5. The van der Waals surface area contributed by atoms with Gasteiger partial charge in [0, 0.05) is 32.1 Å². The van der Waals surface area contributed by atoms with E-state index in [2.05, 4.69) is 39.9 Å². The summed E-state index contributed by atoms with van der Waals surface area (Å²) in [5.74, 6) is 0.946. The summed E-state index contributed by atoms with van der Waals surface area (Å²) >= 11 is 0. The molecule has 1 saturated carbocycles. The first-order chi connectivity index (χ1) is 12.4. The molecule has 1 aromatic rings. The van der Waals surface area contributed by atoms with Gasteiger partial charge >= 0.3 is 6.18 Å². The third-order valence-corrected chi connectivity index (χ3v) is 5.39. The average molecular weight is 496 g/mol. The monoisotopic (exact) mass is 496 g/mol. The van der Waals surface area contributed by atoms with E-state index in [4.69, 9.17) is 0 Å². The Kier molecular flexibility index (Phi) is 7.79. The highest BCUT2D eigenvalue weighted by molar-refractivity contribution is 14.0. The van der Waals surface area contributed by atoms with Crippen LogP contribution in [0.1, 0.15) is 24.8 Å². The summed E-state index contributed by atoms with van der Waals surface area (Å²) in [7, 11) is 1.72. The summed E-state index contributed by atoms with van der Waals surface area (Å²) in [6, 6.07) is 10.5. The molecule has 3 rings (SSSR count). The van der Waals surface area contributed by atoms with Crippen LogP contribution in [-0.2, 0) is 5.41 Å². The quantitative estimate of drug-likeness (QED) is 0.361. The van der Waals surface area contributed by atoms with E-state index < -0.39 is 12.7 Å². The number of aliphatic imine (C=N–C) groups is 1. The summed E-state index contributed by atoms with van der Waals surface area (Å²) < 4.78 is 37.4. The molecule has 0 radical (unpaired) electrons. The molecule has 8 heteroatoms. The number of alkyl halides is 3. The number of halogens is 4. The maximum Gasteiger partial charge on any atom is 0.401 e. The van der Waals surface area contributed by atoms with Crippen LogP contribution in [0.4, 0.5) is 13.2 Å². The predicted molar refractivity (Wildman–Crippen MR) is 113 cm³/mol. The minimum Gasteiger partial charge on any atom is -0.356 e. The Bertz CT molecular complexity index is 617. The Morgan fingerprint density at radius 2 is 1.93 bits per heavy atom. The summed E-state index contributed by atoms with van der Waals surface area (Å²) in [6.45, 7) is 1.65. The fourth-order valence-corrected chi connectivity index (χ4v) is 3.70. The van der Waals surface area contributed by atoms with Crippen molar-refractivity contribution in [1.82, 2.24) is 15.5 Å². The van der Waals surface area contributed by atoms with Gasteiger partial charge in [-0.3, -0.25) is 9.89 Å². The Morgan fingerprint density at radius 3 is 2.52 bits per heavy atom. The third kappa shape index (κ3) is 6.51. The van der Waals surface area contributed by atoms with E-state index >= 15 is 0 Å². The largest absolute Gasteiger partial charge is 0.401 e. The Labute approximate surface area is 176 Å². The van der Waals surface area contributed by atoms with Crippen LogP contribution in [0.15, 0.2) is 35.3 Å². The van der Waals surface area contributed by atoms with Crippen LogP contribution in [0.3, 0.4) is 0 Å². The molecular formula is C19H28F3IN4. The molecule has 0 aromatic heterocycles. The molecule has 1 aliphatic carbocycles. The van der Waals surface area contributed by atoms with Gasteiger partial charge in [-0.15, -0.1) is 24.0 Å². The number of likely N-dealkylation sites (tertiary alicyclic amines) is 1. The maximum absolute atomic E-state index is 12.5. The molecule has 0 amide bonds. The van der Waals surface area contributed by atoms with Crippen molar-refractivity contribution in [2.24, 2.45) is 10.9 Å². The zero-order chi connectivity index (χ0) is 18.6. The van der Waals surface area contributed by atoms with Crippen LogP contribution in [0.25, 0.3) is 0 Å². The number of guanidine groups is 1. The van der Waals surface area contributed by atoms with Crippen LogP contribution in [0, 0.1) is 5.92 Å². The first-order valence-electron chi connectivity index (χ1n) is 9.19. The van der Waals surface area contributed by atoms with Gasteiger partial charge < -0.3 is 10.6 Å². The molecule has 1 saturated heterocycles. The smallest absolute Gasteiger partial charge is 0.356 e. The molecule has 0 spiro atoms. The van der Waals surface area contributed by atoms with Crippen molar-refractivity contribution in [3.8, 4) is 0 Å². The van der Waals surface area contributed by atoms with Crippen LogP contribution >= 0.6 is 24.0 Å². The normalized spacial score (nSPS) is 22.2. The van der Waals surface area contributed by atoms with E-state index in [1.165, 1.54) is 10.5 Å². The van der Waals surface area contributed by atoms with Gasteiger partial charge in [-0.05, 0) is 37.3 Å². The van der Waals surface area contributed by atoms with Crippen molar-refractivity contribution in [2.75, 3.05) is 39.8 Å². The molecule has 2 fully saturated rings. The number of hydrogen-bond acceptors (Lipinski definition) is 2. The van der Waals surface area contributed by atoms with E-state index in [1.807, 2.05) is 6.07 Å². The highest BCUT2D eigenvalue weighted by Gasteiger charge is 2.44. The lowest BCUT2D eigenvalue weighted by Gasteiger charge is -2.21. The lowest BCUT2D eigenvalue weighted by Crippen LogP contribution is -2.43. The molecule has 1 aliphatic heterocycles. The van der Waals surface area contributed by atoms with Crippen molar-refractivity contribution < 1.29 is 13.2 Å². The number of rotatable bonds is 6. The van der Waals surface area contributed by atoms with Crippen molar-refractivity contribution in [3.05, 3.63) is 35.9 Å². The number of benzene rings is 1. The Balaban J connectivity index is 0.00000261. The van der Waals surface area contributed by atoms with Crippen LogP contribution in [-0.4, -0.2) is 56.8 Å². The number of nitrogens with zero attached hydrogens (tertiary/aromatic N) is 2. The SMILES string of the molecule is CN=C(NCC1CCN(CC(F)(F)F)C1)NCC1(c2ccccc2)CC1.I. The van der Waals surface area contributed by atoms with Gasteiger partial charge in [-0.25, -0.2) is 0 Å². The number of nitrogens with one attached hydrogen (secondary N) is 2. The van der Waals surface area contributed by atoms with Crippen LogP contribution < -0.4 is 10.6 Å². The van der Waals surface area contributed by atoms with Gasteiger partial charge in [-0.1, -0.05) is 30.3 Å². The van der Waals surface area contributed by atoms with Gasteiger partial charge in [-0.2, -0.15) is 13.2 Å². The summed E-state index contributed by atoms with van der Waals surface area (Å²) in [4.78, 5) is 5.74. The van der Waals surface area contributed by atoms with E-state index in [9.17, 15) is 13.2 Å². The fraction of sp³-hybridized carbons (Fsp3) is 0.632. The predicted octanol–water partition coefficient (Wildman–Crippen LogP) is 3.39. The molecule has 1 atom stereocenters. The molecule has 2 aliphatic rings. The van der Waals surface area contributed by atoms with Gasteiger partial charge in [0.1, 0.15) is 0 Å². The molecule has 4 nitrogen and oxygen atoms in total. The van der Waals surface area contributed by atoms with E-state index in [1.54, 1.807) is 7.05 Å². The molecule has 0 bridgehead atoms. The fourth-order valence-electron chi connectivity index (χ4n) is 3.70. The van der Waals surface area contributed by atoms with Crippen LogP contribution in [0.5, 0.6) is 0 Å². The minimum absolute atomic E-state index is 0. The topological polar surface area (TPSA) is 39.7 Å². The zero-order valence-electron chi connectivity index (χ0n) is 15.6. The van der Waals surface area contributed by atoms with Crippen LogP contribution in [0.2, 0.25) is 0 Å². The zero-order valence-corrected chi connectivity index (χ0v) is 17.9. The number of hydrogen-bond donors (Lipinski definition) is 2. The van der Waals surface area contributed by atoms with Crippen molar-refractivity contribution >= 4 is 29.9 Å². The average Bonchev–Trinajstić information content (AvgIpc) is 3.28.